The number of aliphatic hydroxyl groups is 4. The molecule has 6 aromatic rings. The van der Waals surface area contributed by atoms with Gasteiger partial charge in [0.15, 0.2) is 41.4 Å². The highest BCUT2D eigenvalue weighted by Crippen LogP contribution is 2.63. The van der Waals surface area contributed by atoms with Crippen LogP contribution in [0, 0.1) is 0 Å². The predicted molar refractivity (Wildman–Crippen MR) is 232 cm³/mol. The molecule has 0 amide bonds. The highest BCUT2D eigenvalue weighted by Gasteiger charge is 2.53. The summed E-state index contributed by atoms with van der Waals surface area (Å²) in [5.41, 5.74) is 15.2. The van der Waals surface area contributed by atoms with E-state index in [1.807, 2.05) is 0 Å². The van der Waals surface area contributed by atoms with Crippen molar-refractivity contribution in [2.75, 3.05) is 44.1 Å². The number of nitrogen functional groups attached to an aromatic ring is 3. The number of phosphoric ester groups is 3. The van der Waals surface area contributed by atoms with Gasteiger partial charge in [0, 0.05) is 7.11 Å². The van der Waals surface area contributed by atoms with Crippen molar-refractivity contribution in [3.63, 3.8) is 0 Å². The number of rotatable bonds is 19. The zero-order valence-electron chi connectivity index (χ0n) is 37.8. The summed E-state index contributed by atoms with van der Waals surface area (Å²) in [4.78, 5) is 103. The smallest absolute Gasteiger partial charge is 0.472 e. The average molecular weight is 1140 g/mol. The Balaban J connectivity index is 0.862. The van der Waals surface area contributed by atoms with Gasteiger partial charge in [-0.05, 0) is 0 Å². The largest absolute Gasteiger partial charge is 0.756 e. The molecule has 9 rings (SSSR count). The number of hydrogen-bond donors (Lipinski definition) is 10. The van der Waals surface area contributed by atoms with Crippen LogP contribution >= 0.6 is 31.3 Å². The van der Waals surface area contributed by atoms with Crippen LogP contribution in [0.25, 0.3) is 33.5 Å². The van der Waals surface area contributed by atoms with Crippen LogP contribution in [-0.2, 0) is 71.0 Å². The third kappa shape index (κ3) is 10.9. The molecule has 3 fully saturated rings. The van der Waals surface area contributed by atoms with Crippen LogP contribution in [0.1, 0.15) is 18.7 Å². The molecule has 75 heavy (non-hydrogen) atoms. The standard InChI is InChI=1S/C32H43N15O24P4/c1-44-9-47(25-15(44)27(53)43-32(35)41-25)29-19(51)17(49)11(67-29)4-64-73(56,57)70-75(60,61)71-74(58,59)65-5-12-20(21(62-2)30(68-12)45-7-38-13-22(33)36-6-37-23(13)45)69-72(54,55)63-3-10-16(48)18(50)28(66-10)46-8-39-14-24(46)40-31(34)42-26(14)52/h6-12,16-21,28-30,48-51H,3-5H2,1-2H3,(H11-,33,34,35,36,37,40,41,42,43,52,53,54,55,56,57,58,59,60,61)/p-2/t10-,11-,12-,16-,17-,18-,19-,20-,21-,28-,29-,30-/m1/s1. The molecule has 0 radical (unpaired) electrons. The Morgan fingerprint density at radius 1 is 0.707 bits per heavy atom. The molecule has 16 atom stereocenters. The van der Waals surface area contributed by atoms with Crippen LogP contribution < -0.4 is 47.6 Å². The van der Waals surface area contributed by atoms with Gasteiger partial charge in [-0.3, -0.25) is 56.0 Å². The highest BCUT2D eigenvalue weighted by molar-refractivity contribution is 7.65. The van der Waals surface area contributed by atoms with Crippen LogP contribution in [0.3, 0.4) is 0 Å². The van der Waals surface area contributed by atoms with E-state index < -0.39 is 136 Å². The van der Waals surface area contributed by atoms with Crippen molar-refractivity contribution < 1.29 is 108 Å². The zero-order valence-corrected chi connectivity index (χ0v) is 41.4. The van der Waals surface area contributed by atoms with Gasteiger partial charge in [0.25, 0.3) is 40.5 Å². The lowest BCUT2D eigenvalue weighted by Gasteiger charge is -2.35. The Kier molecular flexibility index (Phi) is 14.8. The Morgan fingerprint density at radius 3 is 1.96 bits per heavy atom. The quantitative estimate of drug-likeness (QED) is 0.0266. The number of hydrogen-bond acceptors (Lipinski definition) is 32. The molecule has 43 heteroatoms. The van der Waals surface area contributed by atoms with E-state index in [0.29, 0.717) is 0 Å². The second-order valence-corrected chi connectivity index (χ2v) is 22.3. The first-order valence-corrected chi connectivity index (χ1v) is 27.0. The van der Waals surface area contributed by atoms with Crippen LogP contribution in [0.2, 0.25) is 0 Å². The van der Waals surface area contributed by atoms with Gasteiger partial charge >= 0.3 is 13.5 Å². The SMILES string of the molecule is CO[C@@H]1[C@H](OP(=O)(O)OC[C@H]2O[C@@H](n3cnc4c(=O)[nH]c(N)nc43)[C@H](O)[C@@H]2O)[C@@H](COP(=O)([O-])OP(=O)([O-])OP(=O)([O-])OC[C@H]2O[C@@H]([n+]3cn(C)c4c(=O)[nH]c(N)nc43)[C@H](O)[C@@H]2O)O[C@H]1n1cnc2c(N)ncnc21. The third-order valence-corrected chi connectivity index (χ3v) is 16.6. The Bertz CT molecular complexity index is 3470. The summed E-state index contributed by atoms with van der Waals surface area (Å²) in [6.07, 6.45) is -16.4. The fourth-order valence-electron chi connectivity index (χ4n) is 8.27. The molecule has 4 unspecified atom stereocenters. The Hall–Kier alpha value is -5.15. The number of nitrogens with two attached hydrogens (primary N) is 3. The van der Waals surface area contributed by atoms with E-state index in [2.05, 4.69) is 53.0 Å². The molecule has 0 saturated carbocycles. The number of methoxy groups -OCH3 is 1. The summed E-state index contributed by atoms with van der Waals surface area (Å²) in [6, 6.07) is 0. The third-order valence-electron chi connectivity index (χ3n) is 11.5. The fraction of sp³-hybridized carbons (Fsp3) is 0.531. The summed E-state index contributed by atoms with van der Waals surface area (Å²) >= 11 is 0. The van der Waals surface area contributed by atoms with E-state index in [-0.39, 0.29) is 51.2 Å². The Labute approximate surface area is 414 Å². The van der Waals surface area contributed by atoms with Crippen molar-refractivity contribution in [1.29, 1.82) is 0 Å². The molecular weight excluding hydrogens is 1100 g/mol. The van der Waals surface area contributed by atoms with Crippen LogP contribution in [0.15, 0.2) is 34.9 Å². The van der Waals surface area contributed by atoms with Gasteiger partial charge in [-0.25, -0.2) is 37.7 Å². The van der Waals surface area contributed by atoms with Crippen molar-refractivity contribution in [1.82, 2.24) is 53.6 Å². The second kappa shape index (κ2) is 20.3. The van der Waals surface area contributed by atoms with E-state index >= 15 is 0 Å². The molecule has 410 valence electrons. The molecule has 6 aromatic heterocycles. The molecule has 0 aliphatic carbocycles. The lowest BCUT2D eigenvalue weighted by Crippen LogP contribution is -2.46. The van der Waals surface area contributed by atoms with E-state index in [0.717, 1.165) is 39.8 Å². The van der Waals surface area contributed by atoms with Crippen LogP contribution in [0.5, 0.6) is 0 Å². The molecule has 13 N–H and O–H groups in total. The first-order chi connectivity index (χ1) is 35.2. The van der Waals surface area contributed by atoms with Crippen molar-refractivity contribution in [2.24, 2.45) is 7.05 Å². The minimum Gasteiger partial charge on any atom is -0.756 e. The molecule has 0 bridgehead atoms. The van der Waals surface area contributed by atoms with Crippen LogP contribution in [-0.4, -0.2) is 161 Å². The molecule has 39 nitrogen and oxygen atoms in total. The molecule has 0 spiro atoms. The summed E-state index contributed by atoms with van der Waals surface area (Å²) in [5.74, 6) is -0.762. The van der Waals surface area contributed by atoms with Crippen LogP contribution in [0.4, 0.5) is 17.7 Å². The number of phosphoric acid groups is 4. The van der Waals surface area contributed by atoms with Gasteiger partial charge in [-0.15, -0.1) is 0 Å². The number of fused-ring (bicyclic) bond motifs is 3. The van der Waals surface area contributed by atoms with Gasteiger partial charge in [-0.2, -0.15) is 4.98 Å². The maximum absolute atomic E-state index is 13.6. The monoisotopic (exact) mass is 1140 g/mol. The molecule has 9 heterocycles. The number of anilines is 3. The van der Waals surface area contributed by atoms with E-state index in [9.17, 15) is 67.8 Å². The number of aromatic nitrogens is 12. The van der Waals surface area contributed by atoms with Gasteiger partial charge in [0.1, 0.15) is 66.8 Å². The summed E-state index contributed by atoms with van der Waals surface area (Å²) in [7, 11) is -22.1. The van der Waals surface area contributed by atoms with E-state index in [4.69, 9.17) is 49.7 Å². The van der Waals surface area contributed by atoms with Gasteiger partial charge in [0.2, 0.25) is 17.7 Å². The predicted octanol–water partition coefficient (Wildman–Crippen LogP) is -6.61. The number of aryl methyl sites for hydroxylation is 1. The number of nitrogens with zero attached hydrogens (tertiary/aromatic N) is 10. The first-order valence-electron chi connectivity index (χ1n) is 21.1. The molecule has 3 aliphatic heterocycles. The number of aliphatic hydroxyl groups excluding tert-OH is 4. The number of nitrogens with one attached hydrogen (secondary N) is 2. The lowest BCUT2D eigenvalue weighted by atomic mass is 10.1. The van der Waals surface area contributed by atoms with E-state index in [1.54, 1.807) is 0 Å². The molecule has 3 aliphatic rings. The number of imidazole rings is 3. The van der Waals surface area contributed by atoms with Gasteiger partial charge < -0.3 is 85.2 Å². The summed E-state index contributed by atoms with van der Waals surface area (Å²) < 4.78 is 107. The Morgan fingerprint density at radius 2 is 1.28 bits per heavy atom. The van der Waals surface area contributed by atoms with Crippen molar-refractivity contribution in [3.8, 4) is 0 Å². The average Bonchev–Trinajstić information content (AvgIpc) is 4.17. The van der Waals surface area contributed by atoms with E-state index in [1.165, 1.54) is 17.9 Å². The summed E-state index contributed by atoms with van der Waals surface area (Å²) in [6.45, 7) is -3.64. The van der Waals surface area contributed by atoms with Crippen molar-refractivity contribution in [3.05, 3.63) is 46.0 Å². The number of ether oxygens (including phenoxy) is 4. The zero-order chi connectivity index (χ0) is 54.3. The minimum atomic E-state index is -6.58. The number of aromatic amines is 2. The maximum atomic E-state index is 13.6. The normalized spacial score (nSPS) is 30.5. The minimum absolute atomic E-state index is 0.0205. The van der Waals surface area contributed by atoms with Crippen molar-refractivity contribution in [2.45, 2.75) is 73.6 Å². The number of H-pyrrole nitrogens is 2. The molecule has 0 aromatic carbocycles. The topological polar surface area (TPSA) is 571 Å². The summed E-state index contributed by atoms with van der Waals surface area (Å²) in [5, 5.41) is 43.1. The molecular formula is C32H41N15O24P4-2. The van der Waals surface area contributed by atoms with Crippen molar-refractivity contribution >= 4 is 82.5 Å². The second-order valence-electron chi connectivity index (χ2n) is 16.4. The lowest BCUT2D eigenvalue weighted by molar-refractivity contribution is -0.745. The highest BCUT2D eigenvalue weighted by atomic mass is 31.3. The van der Waals surface area contributed by atoms with Gasteiger partial charge in [0.05, 0.1) is 39.5 Å². The molecule has 3 saturated heterocycles. The van der Waals surface area contributed by atoms with Gasteiger partial charge in [-0.1, -0.05) is 4.98 Å². The maximum Gasteiger partial charge on any atom is 0.472 e. The first kappa shape index (κ1) is 54.6. The fourth-order valence-corrected chi connectivity index (χ4v) is 12.6.